The van der Waals surface area contributed by atoms with Crippen molar-refractivity contribution in [3.05, 3.63) is 23.3 Å². The third kappa shape index (κ3) is 4.04. The number of methoxy groups -OCH3 is 2. The van der Waals surface area contributed by atoms with Gasteiger partial charge in [-0.2, -0.15) is 8.78 Å². The quantitative estimate of drug-likeness (QED) is 0.877. The van der Waals surface area contributed by atoms with Gasteiger partial charge < -0.3 is 19.5 Å². The van der Waals surface area contributed by atoms with Crippen LogP contribution < -0.4 is 14.8 Å². The van der Waals surface area contributed by atoms with Gasteiger partial charge in [0, 0.05) is 23.6 Å². The predicted octanol–water partition coefficient (Wildman–Crippen LogP) is 2.91. The standard InChI is InChI=1S/C15H21F2NO3/c1-19-13-7-12(10-4-3-5-18-8-10)14(20-2)6-11(13)9-21-15(16)17/h6-7,10,15,18H,3-5,8-9H2,1-2H3/t10-/m0/s1. The van der Waals surface area contributed by atoms with E-state index >= 15 is 0 Å². The van der Waals surface area contributed by atoms with Gasteiger partial charge >= 0.3 is 6.61 Å². The Labute approximate surface area is 123 Å². The Balaban J connectivity index is 2.28. The third-order valence-corrected chi connectivity index (χ3v) is 3.73. The van der Waals surface area contributed by atoms with Crippen LogP contribution in [-0.2, 0) is 11.3 Å². The summed E-state index contributed by atoms with van der Waals surface area (Å²) in [5.74, 6) is 1.59. The van der Waals surface area contributed by atoms with E-state index < -0.39 is 6.61 Å². The zero-order valence-corrected chi connectivity index (χ0v) is 12.3. The molecule has 0 bridgehead atoms. The summed E-state index contributed by atoms with van der Waals surface area (Å²) in [7, 11) is 3.11. The molecular formula is C15H21F2NO3. The molecule has 1 atom stereocenters. The number of benzene rings is 1. The minimum atomic E-state index is -2.80. The van der Waals surface area contributed by atoms with Crippen molar-refractivity contribution in [2.45, 2.75) is 32.0 Å². The molecule has 0 aromatic heterocycles. The van der Waals surface area contributed by atoms with Gasteiger partial charge in [0.15, 0.2) is 0 Å². The first-order chi connectivity index (χ1) is 10.2. The number of halogens is 2. The Morgan fingerprint density at radius 2 is 2.00 bits per heavy atom. The lowest BCUT2D eigenvalue weighted by Crippen LogP contribution is -2.28. The molecule has 0 spiro atoms. The SMILES string of the molecule is COc1cc([C@H]2CCCNC2)c(OC)cc1COC(F)F. The maximum absolute atomic E-state index is 12.2. The van der Waals surface area contributed by atoms with E-state index in [4.69, 9.17) is 9.47 Å². The smallest absolute Gasteiger partial charge is 0.345 e. The number of nitrogens with one attached hydrogen (secondary N) is 1. The number of alkyl halides is 2. The molecule has 1 aliphatic rings. The largest absolute Gasteiger partial charge is 0.496 e. The van der Waals surface area contributed by atoms with Crippen molar-refractivity contribution < 1.29 is 23.0 Å². The summed E-state index contributed by atoms with van der Waals surface area (Å²) < 4.78 is 39.5. The summed E-state index contributed by atoms with van der Waals surface area (Å²) in [5, 5.41) is 3.36. The van der Waals surface area contributed by atoms with Gasteiger partial charge in [-0.05, 0) is 31.5 Å². The lowest BCUT2D eigenvalue weighted by molar-refractivity contribution is -0.137. The van der Waals surface area contributed by atoms with Crippen LogP contribution in [0.15, 0.2) is 12.1 Å². The number of hydrogen-bond donors (Lipinski definition) is 1. The van der Waals surface area contributed by atoms with Gasteiger partial charge in [-0.15, -0.1) is 0 Å². The normalized spacial score (nSPS) is 18.8. The lowest BCUT2D eigenvalue weighted by Gasteiger charge is -2.26. The van der Waals surface area contributed by atoms with Crippen LogP contribution in [0.5, 0.6) is 11.5 Å². The van der Waals surface area contributed by atoms with Crippen LogP contribution in [0.4, 0.5) is 8.78 Å². The zero-order chi connectivity index (χ0) is 15.2. The topological polar surface area (TPSA) is 39.7 Å². The second-order valence-corrected chi connectivity index (χ2v) is 5.02. The van der Waals surface area contributed by atoms with Crippen molar-refractivity contribution >= 4 is 0 Å². The summed E-state index contributed by atoms with van der Waals surface area (Å²) in [6, 6.07) is 3.60. The average Bonchev–Trinajstić information content (AvgIpc) is 2.52. The Morgan fingerprint density at radius 3 is 2.57 bits per heavy atom. The zero-order valence-electron chi connectivity index (χ0n) is 12.3. The first-order valence-electron chi connectivity index (χ1n) is 7.01. The summed E-state index contributed by atoms with van der Waals surface area (Å²) in [6.07, 6.45) is 2.17. The van der Waals surface area contributed by atoms with Crippen LogP contribution in [-0.4, -0.2) is 33.9 Å². The fourth-order valence-electron chi connectivity index (χ4n) is 2.69. The number of ether oxygens (including phenoxy) is 3. The molecule has 1 fully saturated rings. The average molecular weight is 301 g/mol. The molecule has 1 aliphatic heterocycles. The molecular weight excluding hydrogens is 280 g/mol. The molecule has 0 unspecified atom stereocenters. The Bertz CT molecular complexity index is 462. The van der Waals surface area contributed by atoms with Crippen molar-refractivity contribution in [3.63, 3.8) is 0 Å². The highest BCUT2D eigenvalue weighted by Gasteiger charge is 2.21. The van der Waals surface area contributed by atoms with E-state index in [0.717, 1.165) is 31.5 Å². The highest BCUT2D eigenvalue weighted by atomic mass is 19.3. The van der Waals surface area contributed by atoms with Crippen molar-refractivity contribution in [2.75, 3.05) is 27.3 Å². The third-order valence-electron chi connectivity index (χ3n) is 3.73. The molecule has 1 saturated heterocycles. The molecule has 1 aromatic rings. The predicted molar refractivity (Wildman–Crippen MR) is 75.2 cm³/mol. The molecule has 0 radical (unpaired) electrons. The van der Waals surface area contributed by atoms with E-state index in [0.29, 0.717) is 23.0 Å². The van der Waals surface area contributed by atoms with Gasteiger partial charge in [-0.25, -0.2) is 0 Å². The first kappa shape index (κ1) is 16.0. The van der Waals surface area contributed by atoms with Gasteiger partial charge in [0.1, 0.15) is 11.5 Å². The van der Waals surface area contributed by atoms with Crippen LogP contribution in [0, 0.1) is 0 Å². The number of piperidine rings is 1. The molecule has 1 N–H and O–H groups in total. The molecule has 0 amide bonds. The van der Waals surface area contributed by atoms with Crippen LogP contribution in [0.1, 0.15) is 29.9 Å². The van der Waals surface area contributed by atoms with E-state index in [1.807, 2.05) is 6.07 Å². The maximum atomic E-state index is 12.2. The Hall–Kier alpha value is -1.40. The molecule has 0 saturated carbocycles. The van der Waals surface area contributed by atoms with Gasteiger partial charge in [0.2, 0.25) is 0 Å². The Morgan fingerprint density at radius 1 is 1.24 bits per heavy atom. The fourth-order valence-corrected chi connectivity index (χ4v) is 2.69. The summed E-state index contributed by atoms with van der Waals surface area (Å²) in [6.45, 7) is -1.11. The summed E-state index contributed by atoms with van der Waals surface area (Å²) >= 11 is 0. The van der Waals surface area contributed by atoms with Gasteiger partial charge in [-0.3, -0.25) is 0 Å². The van der Waals surface area contributed by atoms with Crippen LogP contribution in [0.2, 0.25) is 0 Å². The van der Waals surface area contributed by atoms with Gasteiger partial charge in [0.25, 0.3) is 0 Å². The molecule has 6 heteroatoms. The van der Waals surface area contributed by atoms with E-state index in [1.54, 1.807) is 13.2 Å². The van der Waals surface area contributed by atoms with E-state index in [1.165, 1.54) is 7.11 Å². The fraction of sp³-hybridized carbons (Fsp3) is 0.600. The molecule has 0 aliphatic carbocycles. The van der Waals surface area contributed by atoms with Crippen LogP contribution in [0.3, 0.4) is 0 Å². The minimum absolute atomic E-state index is 0.208. The molecule has 1 aromatic carbocycles. The Kier molecular flexibility index (Phi) is 5.76. The van der Waals surface area contributed by atoms with Crippen molar-refractivity contribution in [1.29, 1.82) is 0 Å². The van der Waals surface area contributed by atoms with Gasteiger partial charge in [-0.1, -0.05) is 0 Å². The highest BCUT2D eigenvalue weighted by molar-refractivity contribution is 5.48. The molecule has 2 rings (SSSR count). The first-order valence-corrected chi connectivity index (χ1v) is 7.01. The van der Waals surface area contributed by atoms with Gasteiger partial charge in [0.05, 0.1) is 20.8 Å². The molecule has 4 nitrogen and oxygen atoms in total. The lowest BCUT2D eigenvalue weighted by atomic mass is 9.90. The summed E-state index contributed by atoms with van der Waals surface area (Å²) in [5.41, 5.74) is 1.60. The van der Waals surface area contributed by atoms with E-state index in [2.05, 4.69) is 10.1 Å². The van der Waals surface area contributed by atoms with Crippen molar-refractivity contribution in [2.24, 2.45) is 0 Å². The number of hydrogen-bond acceptors (Lipinski definition) is 4. The van der Waals surface area contributed by atoms with Crippen LogP contribution in [0.25, 0.3) is 0 Å². The second kappa shape index (κ2) is 7.56. The van der Waals surface area contributed by atoms with Crippen LogP contribution >= 0.6 is 0 Å². The molecule has 118 valence electrons. The van der Waals surface area contributed by atoms with E-state index in [-0.39, 0.29) is 6.61 Å². The maximum Gasteiger partial charge on any atom is 0.345 e. The summed E-state index contributed by atoms with van der Waals surface area (Å²) in [4.78, 5) is 0. The molecule has 21 heavy (non-hydrogen) atoms. The van der Waals surface area contributed by atoms with Crippen molar-refractivity contribution in [3.8, 4) is 11.5 Å². The number of rotatable bonds is 6. The van der Waals surface area contributed by atoms with Crippen molar-refractivity contribution in [1.82, 2.24) is 5.32 Å². The minimum Gasteiger partial charge on any atom is -0.496 e. The monoisotopic (exact) mass is 301 g/mol. The van der Waals surface area contributed by atoms with E-state index in [9.17, 15) is 8.78 Å². The molecule has 1 heterocycles. The second-order valence-electron chi connectivity index (χ2n) is 5.02. The highest BCUT2D eigenvalue weighted by Crippen LogP contribution is 2.36.